The molecule has 0 spiro atoms. The van der Waals surface area contributed by atoms with Gasteiger partial charge in [-0.05, 0) is 57.0 Å². The number of aliphatic carboxylic acids is 1. The number of carboxylic acid groups (broad SMARTS) is 1. The summed E-state index contributed by atoms with van der Waals surface area (Å²) >= 11 is 6.32. The minimum absolute atomic E-state index is 0.0222. The van der Waals surface area contributed by atoms with Crippen molar-refractivity contribution in [2.24, 2.45) is 5.41 Å². The fourth-order valence-corrected chi connectivity index (χ4v) is 5.22. The minimum Gasteiger partial charge on any atom is -0.497 e. The average molecular weight is 554 g/mol. The van der Waals surface area contributed by atoms with Crippen molar-refractivity contribution in [3.8, 4) is 5.75 Å². The molecule has 204 valence electrons. The van der Waals surface area contributed by atoms with Gasteiger partial charge in [0, 0.05) is 48.1 Å². The second-order valence-corrected chi connectivity index (χ2v) is 9.92. The first-order chi connectivity index (χ1) is 18.1. The van der Waals surface area contributed by atoms with Crippen molar-refractivity contribution in [3.63, 3.8) is 0 Å². The van der Waals surface area contributed by atoms with Crippen LogP contribution < -0.4 is 10.1 Å². The van der Waals surface area contributed by atoms with E-state index in [1.54, 1.807) is 18.2 Å². The molecule has 38 heavy (non-hydrogen) atoms. The molecule has 0 bridgehead atoms. The fourth-order valence-electron chi connectivity index (χ4n) is 4.95. The molecular formula is C27H28ClF4N3O3. The van der Waals surface area contributed by atoms with Gasteiger partial charge in [-0.2, -0.15) is 0 Å². The van der Waals surface area contributed by atoms with Crippen molar-refractivity contribution < 1.29 is 32.2 Å². The number of hydrogen-bond donors (Lipinski definition) is 2. The van der Waals surface area contributed by atoms with Gasteiger partial charge in [0.15, 0.2) is 17.5 Å². The largest absolute Gasteiger partial charge is 0.497 e. The Kier molecular flexibility index (Phi) is 8.62. The predicted molar refractivity (Wildman–Crippen MR) is 137 cm³/mol. The molecule has 0 amide bonds. The van der Waals surface area contributed by atoms with Gasteiger partial charge in [-0.3, -0.25) is 9.78 Å². The topological polar surface area (TPSA) is 74.7 Å². The molecule has 2 aromatic carbocycles. The van der Waals surface area contributed by atoms with Gasteiger partial charge < -0.3 is 20.1 Å². The highest BCUT2D eigenvalue weighted by atomic mass is 35.5. The van der Waals surface area contributed by atoms with Crippen LogP contribution in [0.25, 0.3) is 10.9 Å². The van der Waals surface area contributed by atoms with E-state index in [4.69, 9.17) is 16.3 Å². The Balaban J connectivity index is 1.36. The van der Waals surface area contributed by atoms with E-state index in [-0.39, 0.29) is 29.1 Å². The van der Waals surface area contributed by atoms with Gasteiger partial charge in [-0.15, -0.1) is 0 Å². The van der Waals surface area contributed by atoms with Crippen LogP contribution >= 0.6 is 11.6 Å². The number of nitrogens with one attached hydrogen (secondary N) is 1. The fraction of sp³-hybridized carbons (Fsp3) is 0.407. The lowest BCUT2D eigenvalue weighted by atomic mass is 9.74. The van der Waals surface area contributed by atoms with Gasteiger partial charge in [0.25, 0.3) is 0 Å². The van der Waals surface area contributed by atoms with Crippen LogP contribution in [0.5, 0.6) is 5.75 Å². The number of fused-ring (bicyclic) bond motifs is 1. The first-order valence-corrected chi connectivity index (χ1v) is 12.6. The summed E-state index contributed by atoms with van der Waals surface area (Å²) in [6, 6.07) is 6.87. The summed E-state index contributed by atoms with van der Waals surface area (Å²) in [5.41, 5.74) is -0.126. The number of anilines is 1. The Morgan fingerprint density at radius 2 is 1.89 bits per heavy atom. The van der Waals surface area contributed by atoms with Crippen molar-refractivity contribution in [2.75, 3.05) is 38.6 Å². The van der Waals surface area contributed by atoms with E-state index in [1.807, 2.05) is 4.90 Å². The maximum Gasteiger partial charge on any atom is 0.309 e. The van der Waals surface area contributed by atoms with Crippen LogP contribution in [0.3, 0.4) is 0 Å². The normalized spacial score (nSPS) is 16.4. The molecule has 2 N–H and O–H groups in total. The number of hydrogen-bond acceptors (Lipinski definition) is 5. The van der Waals surface area contributed by atoms with E-state index in [1.165, 1.54) is 13.3 Å². The molecule has 4 rings (SSSR count). The zero-order valence-corrected chi connectivity index (χ0v) is 21.5. The maximum absolute atomic E-state index is 15.6. The summed E-state index contributed by atoms with van der Waals surface area (Å²) in [5, 5.41) is 13.6. The van der Waals surface area contributed by atoms with Crippen LogP contribution in [0.1, 0.15) is 37.4 Å². The zero-order valence-electron chi connectivity index (χ0n) is 20.7. The molecule has 1 unspecified atom stereocenters. The van der Waals surface area contributed by atoms with E-state index in [0.717, 1.165) is 12.1 Å². The number of ether oxygens (including phenoxy) is 1. The highest BCUT2D eigenvalue weighted by Gasteiger charge is 2.41. The van der Waals surface area contributed by atoms with Crippen LogP contribution in [-0.2, 0) is 4.79 Å². The molecule has 3 aromatic rings. The van der Waals surface area contributed by atoms with Gasteiger partial charge >= 0.3 is 5.97 Å². The Labute approximate surface area is 222 Å². The van der Waals surface area contributed by atoms with Crippen molar-refractivity contribution in [1.29, 1.82) is 0 Å². The third-order valence-corrected chi connectivity index (χ3v) is 7.57. The van der Waals surface area contributed by atoms with Crippen molar-refractivity contribution in [2.45, 2.75) is 31.9 Å². The minimum atomic E-state index is -1.52. The number of piperidine rings is 1. The summed E-state index contributed by atoms with van der Waals surface area (Å²) in [6.07, 6.45) is 0.669. The average Bonchev–Trinajstić information content (AvgIpc) is 2.90. The second-order valence-electron chi connectivity index (χ2n) is 9.52. The summed E-state index contributed by atoms with van der Waals surface area (Å²) in [4.78, 5) is 18.5. The highest BCUT2D eigenvalue weighted by molar-refractivity contribution is 6.32. The van der Waals surface area contributed by atoms with E-state index in [9.17, 15) is 23.1 Å². The number of pyridine rings is 1. The number of carbonyl (C=O) groups is 1. The Bertz CT molecular complexity index is 1300. The van der Waals surface area contributed by atoms with Gasteiger partial charge in [-0.1, -0.05) is 11.6 Å². The number of carboxylic acids is 1. The van der Waals surface area contributed by atoms with Gasteiger partial charge in [-0.25, -0.2) is 17.6 Å². The molecule has 0 aliphatic carbocycles. The number of rotatable bonds is 10. The summed E-state index contributed by atoms with van der Waals surface area (Å²) in [6.45, 7) is 1.75. The van der Waals surface area contributed by atoms with Crippen LogP contribution in [0.15, 0.2) is 36.5 Å². The number of alkyl halides is 1. The molecule has 1 aliphatic rings. The summed E-state index contributed by atoms with van der Waals surface area (Å²) < 4.78 is 60.7. The lowest BCUT2D eigenvalue weighted by molar-refractivity contribution is -0.153. The van der Waals surface area contributed by atoms with E-state index >= 15 is 4.39 Å². The van der Waals surface area contributed by atoms with Gasteiger partial charge in [0.05, 0.1) is 23.1 Å². The lowest BCUT2D eigenvalue weighted by Crippen LogP contribution is -2.45. The molecular weight excluding hydrogens is 526 g/mol. The standard InChI is InChI=1S/C27H28ClF4N3O3/c1-38-17-2-3-23-18(14-17)24(19(28)15-34-23)20(29)4-5-27(26(36)37)6-9-35(10-7-27)11-8-33-16-12-21(30)25(32)22(31)13-16/h2-3,12-15,20,33H,4-11H2,1H3,(H,36,37). The lowest BCUT2D eigenvalue weighted by Gasteiger charge is -2.39. The highest BCUT2D eigenvalue weighted by Crippen LogP contribution is 2.42. The second kappa shape index (κ2) is 11.7. The number of methoxy groups -OCH3 is 1. The smallest absolute Gasteiger partial charge is 0.309 e. The molecule has 2 heterocycles. The molecule has 1 saturated heterocycles. The van der Waals surface area contributed by atoms with Crippen LogP contribution in [0.2, 0.25) is 5.02 Å². The molecule has 11 heteroatoms. The van der Waals surface area contributed by atoms with E-state index in [0.29, 0.717) is 55.7 Å². The monoisotopic (exact) mass is 553 g/mol. The number of halogens is 5. The maximum atomic E-state index is 15.6. The molecule has 1 aliphatic heterocycles. The molecule has 0 saturated carbocycles. The van der Waals surface area contributed by atoms with E-state index < -0.39 is 35.0 Å². The summed E-state index contributed by atoms with van der Waals surface area (Å²) in [7, 11) is 1.51. The molecule has 1 fully saturated rings. The third-order valence-electron chi connectivity index (χ3n) is 7.27. The number of benzene rings is 2. The summed E-state index contributed by atoms with van der Waals surface area (Å²) in [5.74, 6) is -4.50. The van der Waals surface area contributed by atoms with Crippen LogP contribution in [0, 0.1) is 22.9 Å². The molecule has 1 aromatic heterocycles. The Morgan fingerprint density at radius 3 is 2.53 bits per heavy atom. The van der Waals surface area contributed by atoms with Crippen LogP contribution in [-0.4, -0.2) is 54.2 Å². The quantitative estimate of drug-likeness (QED) is 0.224. The van der Waals surface area contributed by atoms with Crippen LogP contribution in [0.4, 0.5) is 23.2 Å². The number of nitrogens with zero attached hydrogens (tertiary/aromatic N) is 2. The van der Waals surface area contributed by atoms with Crippen molar-refractivity contribution in [3.05, 3.63) is 64.6 Å². The van der Waals surface area contributed by atoms with Crippen molar-refractivity contribution >= 4 is 34.2 Å². The molecule has 0 radical (unpaired) electrons. The number of aromatic nitrogens is 1. The first kappa shape index (κ1) is 27.9. The van der Waals surface area contributed by atoms with Gasteiger partial charge in [0.2, 0.25) is 0 Å². The van der Waals surface area contributed by atoms with Crippen molar-refractivity contribution in [1.82, 2.24) is 9.88 Å². The third kappa shape index (κ3) is 5.96. The molecule has 1 atom stereocenters. The number of likely N-dealkylation sites (tertiary alicyclic amines) is 1. The van der Waals surface area contributed by atoms with Gasteiger partial charge in [0.1, 0.15) is 11.9 Å². The molecule has 6 nitrogen and oxygen atoms in total. The van der Waals surface area contributed by atoms with E-state index in [2.05, 4.69) is 10.3 Å². The SMILES string of the molecule is COc1ccc2ncc(Cl)c(C(F)CCC3(C(=O)O)CCN(CCNc4cc(F)c(F)c(F)c4)CC3)c2c1. The predicted octanol–water partition coefficient (Wildman–Crippen LogP) is 6.38. The zero-order chi connectivity index (χ0) is 27.4. The first-order valence-electron chi connectivity index (χ1n) is 12.2. The Hall–Kier alpha value is -3.11. The Morgan fingerprint density at radius 1 is 1.21 bits per heavy atom.